The van der Waals surface area contributed by atoms with Gasteiger partial charge in [0.1, 0.15) is 6.10 Å². The van der Waals surface area contributed by atoms with Gasteiger partial charge in [-0.2, -0.15) is 52.7 Å². The molecule has 1 heterocycles. The van der Waals surface area contributed by atoms with Crippen molar-refractivity contribution in [2.24, 2.45) is 0 Å². The van der Waals surface area contributed by atoms with E-state index < -0.39 is 60.1 Å². The van der Waals surface area contributed by atoms with Gasteiger partial charge < -0.3 is 9.47 Å². The monoisotopic (exact) mass is 436 g/mol. The van der Waals surface area contributed by atoms with Gasteiger partial charge in [-0.25, -0.2) is 8.78 Å². The molecule has 0 aromatic carbocycles. The van der Waals surface area contributed by atoms with E-state index in [1.54, 1.807) is 0 Å². The number of methoxy groups -OCH3 is 1. The summed E-state index contributed by atoms with van der Waals surface area (Å²) in [6.07, 6.45) is -33.6. The molecular formula is C11H6F14O2. The third-order valence-electron chi connectivity index (χ3n) is 3.57. The highest BCUT2D eigenvalue weighted by Crippen LogP contribution is 2.59. The van der Waals surface area contributed by atoms with Crippen LogP contribution in [0.25, 0.3) is 0 Å². The molecule has 0 aliphatic carbocycles. The van der Waals surface area contributed by atoms with E-state index >= 15 is 0 Å². The summed E-state index contributed by atoms with van der Waals surface area (Å²) >= 11 is 0. The second kappa shape index (κ2) is 6.09. The van der Waals surface area contributed by atoms with Crippen LogP contribution in [0.3, 0.4) is 0 Å². The highest BCUT2D eigenvalue weighted by molar-refractivity contribution is 5.25. The topological polar surface area (TPSA) is 18.5 Å². The lowest BCUT2D eigenvalue weighted by atomic mass is 9.93. The van der Waals surface area contributed by atoms with Crippen LogP contribution in [0.2, 0.25) is 0 Å². The summed E-state index contributed by atoms with van der Waals surface area (Å²) < 4.78 is 187. The minimum Gasteiger partial charge on any atom is -0.347 e. The van der Waals surface area contributed by atoms with E-state index in [0.29, 0.717) is 0 Å². The average molecular weight is 436 g/mol. The third-order valence-corrected chi connectivity index (χ3v) is 3.57. The Labute approximate surface area is 139 Å². The molecule has 1 aliphatic heterocycles. The van der Waals surface area contributed by atoms with E-state index in [1.165, 1.54) is 0 Å². The van der Waals surface area contributed by atoms with E-state index in [1.807, 2.05) is 0 Å². The van der Waals surface area contributed by atoms with Crippen LogP contribution in [-0.2, 0) is 9.47 Å². The van der Waals surface area contributed by atoms with Gasteiger partial charge in [-0.1, -0.05) is 6.08 Å². The fraction of sp³-hybridized carbons (Fsp3) is 0.818. The van der Waals surface area contributed by atoms with Crippen molar-refractivity contribution < 1.29 is 70.9 Å². The molecular weight excluding hydrogens is 430 g/mol. The first-order valence-corrected chi connectivity index (χ1v) is 6.19. The molecule has 2 nitrogen and oxygen atoms in total. The van der Waals surface area contributed by atoms with Gasteiger partial charge in [0, 0.05) is 7.11 Å². The van der Waals surface area contributed by atoms with Crippen LogP contribution in [0.1, 0.15) is 0 Å². The first-order valence-electron chi connectivity index (χ1n) is 6.19. The molecule has 27 heavy (non-hydrogen) atoms. The largest absolute Gasteiger partial charge is 0.437 e. The van der Waals surface area contributed by atoms with Crippen LogP contribution in [0.15, 0.2) is 12.2 Å². The molecule has 2 unspecified atom stereocenters. The van der Waals surface area contributed by atoms with Gasteiger partial charge in [-0.15, -0.1) is 0 Å². The minimum absolute atomic E-state index is 0.125. The van der Waals surface area contributed by atoms with Crippen molar-refractivity contribution in [1.82, 2.24) is 0 Å². The Morgan fingerprint density at radius 3 is 1.33 bits per heavy atom. The summed E-state index contributed by atoms with van der Waals surface area (Å²) in [6.45, 7) is 0. The van der Waals surface area contributed by atoms with Gasteiger partial charge in [0.25, 0.3) is 0 Å². The Hall–Kier alpha value is -1.32. The number of hydrogen-bond acceptors (Lipinski definition) is 2. The van der Waals surface area contributed by atoms with Crippen molar-refractivity contribution >= 4 is 0 Å². The van der Waals surface area contributed by atoms with Crippen molar-refractivity contribution in [3.05, 3.63) is 12.2 Å². The van der Waals surface area contributed by atoms with Crippen LogP contribution in [0.4, 0.5) is 61.5 Å². The summed E-state index contributed by atoms with van der Waals surface area (Å²) in [4.78, 5) is 0. The molecule has 1 rings (SSSR count). The fourth-order valence-corrected chi connectivity index (χ4v) is 2.19. The highest BCUT2D eigenvalue weighted by Gasteiger charge is 2.86. The van der Waals surface area contributed by atoms with E-state index in [9.17, 15) is 61.5 Å². The number of hydrogen-bond donors (Lipinski definition) is 0. The molecule has 0 radical (unpaired) electrons. The molecule has 160 valence electrons. The lowest BCUT2D eigenvalue weighted by Gasteiger charge is -2.43. The Morgan fingerprint density at radius 2 is 1.07 bits per heavy atom. The maximum atomic E-state index is 14.1. The van der Waals surface area contributed by atoms with Gasteiger partial charge in [0.2, 0.25) is 5.79 Å². The normalized spacial score (nSPS) is 26.0. The summed E-state index contributed by atoms with van der Waals surface area (Å²) in [6, 6.07) is 0. The van der Waals surface area contributed by atoms with Crippen LogP contribution >= 0.6 is 0 Å². The zero-order valence-electron chi connectivity index (χ0n) is 12.3. The molecule has 0 bridgehead atoms. The molecule has 16 heteroatoms. The zero-order chi connectivity index (χ0) is 21.9. The van der Waals surface area contributed by atoms with Crippen LogP contribution < -0.4 is 0 Å². The van der Waals surface area contributed by atoms with Crippen molar-refractivity contribution in [3.8, 4) is 0 Å². The molecule has 0 saturated heterocycles. The molecule has 0 N–H and O–H groups in total. The van der Waals surface area contributed by atoms with Crippen molar-refractivity contribution in [2.75, 3.05) is 7.11 Å². The first-order chi connectivity index (χ1) is 11.6. The standard InChI is InChI=1S/C11H6F14O2/c1-26-5(7(13,10(20,21)22)11(23,24)25)3-2-4(27-5)6(12,8(14,15)16)9(17,18)19/h2-4H,1H3. The van der Waals surface area contributed by atoms with E-state index in [2.05, 4.69) is 9.47 Å². The molecule has 2 atom stereocenters. The van der Waals surface area contributed by atoms with E-state index in [0.717, 1.165) is 0 Å². The maximum absolute atomic E-state index is 14.1. The SMILES string of the molecule is COC1(C(F)(C(F)(F)F)C(F)(F)F)C=CC(C(F)(C(F)(F)F)C(F)(F)F)O1. The quantitative estimate of drug-likeness (QED) is 0.461. The van der Waals surface area contributed by atoms with Crippen LogP contribution in [0.5, 0.6) is 0 Å². The maximum Gasteiger partial charge on any atom is 0.437 e. The molecule has 0 spiro atoms. The summed E-state index contributed by atoms with van der Waals surface area (Å²) in [7, 11) is -0.125. The van der Waals surface area contributed by atoms with Crippen molar-refractivity contribution in [1.29, 1.82) is 0 Å². The first kappa shape index (κ1) is 23.7. The minimum atomic E-state index is -6.99. The van der Waals surface area contributed by atoms with Gasteiger partial charge in [-0.05, 0) is 6.08 Å². The summed E-state index contributed by atoms with van der Waals surface area (Å²) in [5, 5.41) is 0. The summed E-state index contributed by atoms with van der Waals surface area (Å²) in [5.41, 5.74) is -13.1. The van der Waals surface area contributed by atoms with Crippen LogP contribution in [0, 0.1) is 0 Å². The van der Waals surface area contributed by atoms with E-state index in [4.69, 9.17) is 0 Å². The Bertz CT molecular complexity index is 554. The Kier molecular flexibility index (Phi) is 5.35. The Morgan fingerprint density at radius 1 is 0.704 bits per heavy atom. The number of ether oxygens (including phenoxy) is 2. The van der Waals surface area contributed by atoms with E-state index in [-0.39, 0.29) is 7.11 Å². The van der Waals surface area contributed by atoms with Crippen molar-refractivity contribution in [3.63, 3.8) is 0 Å². The molecule has 0 fully saturated rings. The van der Waals surface area contributed by atoms with Crippen LogP contribution in [-0.4, -0.2) is 55.0 Å². The highest BCUT2D eigenvalue weighted by atomic mass is 19.4. The van der Waals surface area contributed by atoms with Gasteiger partial charge in [0.15, 0.2) is 0 Å². The molecule has 0 amide bonds. The van der Waals surface area contributed by atoms with Crippen molar-refractivity contribution in [2.45, 2.75) is 47.9 Å². The lowest BCUT2D eigenvalue weighted by molar-refractivity contribution is -0.438. The molecule has 0 aromatic rings. The third kappa shape index (κ3) is 3.13. The Balaban J connectivity index is 3.61. The van der Waals surface area contributed by atoms with Gasteiger partial charge in [-0.3, -0.25) is 0 Å². The van der Waals surface area contributed by atoms with Gasteiger partial charge >= 0.3 is 36.0 Å². The zero-order valence-corrected chi connectivity index (χ0v) is 12.3. The predicted molar refractivity (Wildman–Crippen MR) is 55.7 cm³/mol. The molecule has 1 aliphatic rings. The fourth-order valence-electron chi connectivity index (χ4n) is 2.19. The lowest BCUT2D eigenvalue weighted by Crippen LogP contribution is -2.70. The average Bonchev–Trinajstić information content (AvgIpc) is 2.86. The molecule has 0 saturated carbocycles. The smallest absolute Gasteiger partial charge is 0.347 e. The second-order valence-electron chi connectivity index (χ2n) is 5.13. The molecule has 0 aromatic heterocycles. The number of halogens is 14. The second-order valence-corrected chi connectivity index (χ2v) is 5.13. The number of alkyl halides is 14. The summed E-state index contributed by atoms with van der Waals surface area (Å²) in [5.74, 6) is -4.91. The predicted octanol–water partition coefficient (Wildman–Crippen LogP) is 4.95. The van der Waals surface area contributed by atoms with Gasteiger partial charge in [0.05, 0.1) is 0 Å². The number of rotatable bonds is 3.